The molecule has 2 aromatic heterocycles. The minimum atomic E-state index is -0.277. The third kappa shape index (κ3) is 3.24. The molecule has 0 spiro atoms. The van der Waals surface area contributed by atoms with Crippen LogP contribution in [0.15, 0.2) is 28.9 Å². The van der Waals surface area contributed by atoms with Crippen LogP contribution in [-0.4, -0.2) is 42.2 Å². The van der Waals surface area contributed by atoms with Gasteiger partial charge in [0.05, 0.1) is 24.2 Å². The Bertz CT molecular complexity index is 1010. The number of rotatable bonds is 3. The molecular formula is C19H19ClN4O3. The Balaban J connectivity index is 1.77. The molecule has 0 atom stereocenters. The number of hydrogen-bond donors (Lipinski definition) is 1. The summed E-state index contributed by atoms with van der Waals surface area (Å²) in [5.41, 5.74) is 2.30. The van der Waals surface area contributed by atoms with Gasteiger partial charge >= 0.3 is 0 Å². The van der Waals surface area contributed by atoms with Gasteiger partial charge < -0.3 is 19.4 Å². The summed E-state index contributed by atoms with van der Waals surface area (Å²) in [6.45, 7) is 6.25. The number of halogens is 1. The zero-order chi connectivity index (χ0) is 19.0. The molecule has 140 valence electrons. The maximum absolute atomic E-state index is 13.1. The van der Waals surface area contributed by atoms with E-state index >= 15 is 0 Å². The molecule has 1 saturated heterocycles. The lowest BCUT2D eigenvalue weighted by atomic mass is 10.1. The monoisotopic (exact) mass is 386 g/mol. The smallest absolute Gasteiger partial charge is 0.260 e. The van der Waals surface area contributed by atoms with Crippen LogP contribution in [0.1, 0.15) is 21.7 Å². The molecule has 0 unspecified atom stereocenters. The number of nitrogens with one attached hydrogen (secondary N) is 1. The maximum atomic E-state index is 13.1. The number of carbonyl (C=O) groups is 1. The maximum Gasteiger partial charge on any atom is 0.260 e. The Kier molecular flexibility index (Phi) is 4.72. The number of hydrogen-bond acceptors (Lipinski definition) is 6. The third-order valence-electron chi connectivity index (χ3n) is 4.70. The van der Waals surface area contributed by atoms with E-state index in [0.29, 0.717) is 65.3 Å². The van der Waals surface area contributed by atoms with Crippen molar-refractivity contribution in [3.63, 3.8) is 0 Å². The number of carbonyl (C=O) groups excluding carboxylic acids is 1. The minimum Gasteiger partial charge on any atom is -0.442 e. The van der Waals surface area contributed by atoms with Crippen LogP contribution in [0.5, 0.6) is 0 Å². The minimum absolute atomic E-state index is 0.277. The van der Waals surface area contributed by atoms with Crippen LogP contribution in [0.2, 0.25) is 5.02 Å². The Morgan fingerprint density at radius 3 is 2.78 bits per heavy atom. The summed E-state index contributed by atoms with van der Waals surface area (Å²) >= 11 is 6.17. The fraction of sp³-hybridized carbons (Fsp3) is 0.316. The quantitative estimate of drug-likeness (QED) is 0.741. The highest BCUT2D eigenvalue weighted by Crippen LogP contribution is 2.32. The summed E-state index contributed by atoms with van der Waals surface area (Å²) < 4.78 is 11.2. The van der Waals surface area contributed by atoms with Gasteiger partial charge in [0, 0.05) is 23.8 Å². The molecule has 7 nitrogen and oxygen atoms in total. The number of anilines is 2. The Hall–Kier alpha value is -2.64. The highest BCUT2D eigenvalue weighted by molar-refractivity contribution is 6.31. The van der Waals surface area contributed by atoms with E-state index in [1.165, 1.54) is 6.33 Å². The lowest BCUT2D eigenvalue weighted by Crippen LogP contribution is -2.37. The van der Waals surface area contributed by atoms with E-state index in [0.717, 1.165) is 5.56 Å². The van der Waals surface area contributed by atoms with Gasteiger partial charge in [-0.25, -0.2) is 9.97 Å². The van der Waals surface area contributed by atoms with Crippen LogP contribution in [0.3, 0.4) is 0 Å². The average Bonchev–Trinajstić information content (AvgIpc) is 3.02. The van der Waals surface area contributed by atoms with Crippen molar-refractivity contribution in [1.29, 1.82) is 0 Å². The van der Waals surface area contributed by atoms with E-state index in [-0.39, 0.29) is 5.91 Å². The third-order valence-corrected chi connectivity index (χ3v) is 5.11. The second-order valence-corrected chi connectivity index (χ2v) is 6.78. The lowest BCUT2D eigenvalue weighted by molar-refractivity contribution is 0.102. The molecule has 3 heterocycles. The first-order chi connectivity index (χ1) is 13.1. The van der Waals surface area contributed by atoms with Crippen molar-refractivity contribution >= 4 is 40.1 Å². The van der Waals surface area contributed by atoms with Gasteiger partial charge in [0.25, 0.3) is 5.91 Å². The number of fused-ring (bicyclic) bond motifs is 1. The van der Waals surface area contributed by atoms with Crippen molar-refractivity contribution < 1.29 is 13.9 Å². The molecule has 1 N–H and O–H groups in total. The van der Waals surface area contributed by atoms with Gasteiger partial charge in [-0.15, -0.1) is 0 Å². The van der Waals surface area contributed by atoms with Crippen molar-refractivity contribution in [3.8, 4) is 0 Å². The Labute approximate surface area is 161 Å². The standard InChI is InChI=1S/C19H19ClN4O3/c1-11-13(20)4-3-5-14(11)23-18(25)15-12(2)27-19-16(15)17(21-10-22-19)24-6-8-26-9-7-24/h3-5,10H,6-9H2,1-2H3,(H,23,25). The predicted octanol–water partition coefficient (Wildman–Crippen LogP) is 3.58. The number of morpholine rings is 1. The molecule has 27 heavy (non-hydrogen) atoms. The van der Waals surface area contributed by atoms with Crippen molar-refractivity contribution in [2.45, 2.75) is 13.8 Å². The molecule has 0 saturated carbocycles. The number of ether oxygens (including phenoxy) is 1. The van der Waals surface area contributed by atoms with Gasteiger partial charge in [0.2, 0.25) is 5.71 Å². The molecule has 1 fully saturated rings. The van der Waals surface area contributed by atoms with Crippen LogP contribution in [0.4, 0.5) is 11.5 Å². The average molecular weight is 387 g/mol. The molecule has 1 amide bonds. The highest BCUT2D eigenvalue weighted by atomic mass is 35.5. The molecule has 3 aromatic rings. The van der Waals surface area contributed by atoms with Gasteiger partial charge in [-0.3, -0.25) is 4.79 Å². The first-order valence-electron chi connectivity index (χ1n) is 8.69. The molecule has 0 aliphatic carbocycles. The van der Waals surface area contributed by atoms with Gasteiger partial charge in [-0.2, -0.15) is 0 Å². The van der Waals surface area contributed by atoms with E-state index in [9.17, 15) is 4.79 Å². The van der Waals surface area contributed by atoms with Crippen LogP contribution in [0.25, 0.3) is 11.1 Å². The van der Waals surface area contributed by atoms with Gasteiger partial charge in [-0.1, -0.05) is 17.7 Å². The summed E-state index contributed by atoms with van der Waals surface area (Å²) in [4.78, 5) is 23.8. The summed E-state index contributed by atoms with van der Waals surface area (Å²) in [7, 11) is 0. The lowest BCUT2D eigenvalue weighted by Gasteiger charge is -2.28. The van der Waals surface area contributed by atoms with E-state index in [2.05, 4.69) is 20.2 Å². The number of furan rings is 1. The molecule has 1 aromatic carbocycles. The van der Waals surface area contributed by atoms with Crippen molar-refractivity contribution in [3.05, 3.63) is 46.4 Å². The van der Waals surface area contributed by atoms with Gasteiger partial charge in [-0.05, 0) is 31.5 Å². The Morgan fingerprint density at radius 1 is 1.22 bits per heavy atom. The Morgan fingerprint density at radius 2 is 2.00 bits per heavy atom. The van der Waals surface area contributed by atoms with Crippen LogP contribution < -0.4 is 10.2 Å². The van der Waals surface area contributed by atoms with E-state index in [1.807, 2.05) is 13.0 Å². The topological polar surface area (TPSA) is 80.5 Å². The van der Waals surface area contributed by atoms with Gasteiger partial charge in [0.1, 0.15) is 17.9 Å². The SMILES string of the molecule is Cc1oc2ncnc(N3CCOCC3)c2c1C(=O)Nc1cccc(Cl)c1C. The number of benzene rings is 1. The zero-order valence-electron chi connectivity index (χ0n) is 15.1. The molecule has 8 heteroatoms. The number of amides is 1. The van der Waals surface area contributed by atoms with Crippen molar-refractivity contribution in [2.24, 2.45) is 0 Å². The fourth-order valence-corrected chi connectivity index (χ4v) is 3.42. The van der Waals surface area contributed by atoms with Crippen LogP contribution in [0, 0.1) is 13.8 Å². The second-order valence-electron chi connectivity index (χ2n) is 6.38. The molecule has 0 radical (unpaired) electrons. The number of aromatic nitrogens is 2. The molecule has 1 aliphatic heterocycles. The number of nitrogens with zero attached hydrogens (tertiary/aromatic N) is 3. The molecule has 4 rings (SSSR count). The van der Waals surface area contributed by atoms with Crippen LogP contribution >= 0.6 is 11.6 Å². The first kappa shape index (κ1) is 17.8. The van der Waals surface area contributed by atoms with Gasteiger partial charge in [0.15, 0.2) is 0 Å². The highest BCUT2D eigenvalue weighted by Gasteiger charge is 2.26. The summed E-state index contributed by atoms with van der Waals surface area (Å²) in [6, 6.07) is 5.40. The summed E-state index contributed by atoms with van der Waals surface area (Å²) in [5.74, 6) is 0.909. The van der Waals surface area contributed by atoms with E-state index in [1.54, 1.807) is 19.1 Å². The van der Waals surface area contributed by atoms with E-state index < -0.39 is 0 Å². The predicted molar refractivity (Wildman–Crippen MR) is 104 cm³/mol. The molecule has 1 aliphatic rings. The summed E-state index contributed by atoms with van der Waals surface area (Å²) in [5, 5.41) is 4.15. The van der Waals surface area contributed by atoms with Crippen molar-refractivity contribution in [2.75, 3.05) is 36.5 Å². The second kappa shape index (κ2) is 7.17. The fourth-order valence-electron chi connectivity index (χ4n) is 3.24. The molecule has 0 bridgehead atoms. The zero-order valence-corrected chi connectivity index (χ0v) is 15.8. The molecular weight excluding hydrogens is 368 g/mol. The first-order valence-corrected chi connectivity index (χ1v) is 9.07. The van der Waals surface area contributed by atoms with Crippen LogP contribution in [-0.2, 0) is 4.74 Å². The van der Waals surface area contributed by atoms with Crippen molar-refractivity contribution in [1.82, 2.24) is 9.97 Å². The normalized spacial score (nSPS) is 14.6. The van der Waals surface area contributed by atoms with E-state index in [4.69, 9.17) is 20.8 Å². The largest absolute Gasteiger partial charge is 0.442 e. The summed E-state index contributed by atoms with van der Waals surface area (Å²) in [6.07, 6.45) is 1.46. The number of aryl methyl sites for hydroxylation is 1.